The SMILES string of the molecule is CCCCCCCCCC(=O)C(C)CNCC. The number of nitrogens with one attached hydrogen (secondary N) is 1. The molecule has 0 aliphatic heterocycles. The van der Waals surface area contributed by atoms with Gasteiger partial charge in [0.2, 0.25) is 0 Å². The van der Waals surface area contributed by atoms with E-state index in [4.69, 9.17) is 0 Å². The molecule has 2 heteroatoms. The van der Waals surface area contributed by atoms with E-state index >= 15 is 0 Å². The highest BCUT2D eigenvalue weighted by Gasteiger charge is 2.11. The van der Waals surface area contributed by atoms with Crippen LogP contribution in [0.5, 0.6) is 0 Å². The van der Waals surface area contributed by atoms with Crippen LogP contribution in [0.15, 0.2) is 0 Å². The van der Waals surface area contributed by atoms with Gasteiger partial charge in [-0.25, -0.2) is 0 Å². The monoisotopic (exact) mass is 241 g/mol. The van der Waals surface area contributed by atoms with Crippen LogP contribution in [0.4, 0.5) is 0 Å². The van der Waals surface area contributed by atoms with E-state index in [0.29, 0.717) is 5.78 Å². The van der Waals surface area contributed by atoms with Gasteiger partial charge in [-0.15, -0.1) is 0 Å². The zero-order chi connectivity index (χ0) is 12.9. The molecule has 1 unspecified atom stereocenters. The second-order valence-electron chi connectivity index (χ2n) is 5.05. The van der Waals surface area contributed by atoms with Crippen LogP contribution in [0.3, 0.4) is 0 Å². The third-order valence-electron chi connectivity index (χ3n) is 3.28. The zero-order valence-electron chi connectivity index (χ0n) is 12.1. The molecule has 0 rings (SSSR count). The minimum Gasteiger partial charge on any atom is -0.316 e. The molecule has 0 aromatic carbocycles. The van der Waals surface area contributed by atoms with Crippen molar-refractivity contribution in [3.05, 3.63) is 0 Å². The first-order valence-corrected chi connectivity index (χ1v) is 7.45. The summed E-state index contributed by atoms with van der Waals surface area (Å²) in [7, 11) is 0. The van der Waals surface area contributed by atoms with E-state index in [-0.39, 0.29) is 5.92 Å². The highest BCUT2D eigenvalue weighted by molar-refractivity contribution is 5.80. The van der Waals surface area contributed by atoms with E-state index in [0.717, 1.165) is 25.9 Å². The van der Waals surface area contributed by atoms with Crippen molar-refractivity contribution in [2.75, 3.05) is 13.1 Å². The molecule has 0 aliphatic carbocycles. The van der Waals surface area contributed by atoms with Crippen LogP contribution in [0, 0.1) is 5.92 Å². The van der Waals surface area contributed by atoms with Crippen LogP contribution >= 0.6 is 0 Å². The Bertz CT molecular complexity index is 180. The molecular weight excluding hydrogens is 210 g/mol. The predicted octanol–water partition coefficient (Wildman–Crippen LogP) is 3.94. The fourth-order valence-electron chi connectivity index (χ4n) is 1.98. The van der Waals surface area contributed by atoms with Crippen molar-refractivity contribution in [1.82, 2.24) is 5.32 Å². The summed E-state index contributed by atoms with van der Waals surface area (Å²) in [5.41, 5.74) is 0. The standard InChI is InChI=1S/C15H31NO/c1-4-6-7-8-9-10-11-12-15(17)14(3)13-16-5-2/h14,16H,4-13H2,1-3H3. The summed E-state index contributed by atoms with van der Waals surface area (Å²) in [4.78, 5) is 11.7. The van der Waals surface area contributed by atoms with Gasteiger partial charge >= 0.3 is 0 Å². The Balaban J connectivity index is 3.32. The summed E-state index contributed by atoms with van der Waals surface area (Å²) in [6.45, 7) is 8.14. The number of Topliss-reactive ketones (excluding diaryl/α,β-unsaturated/α-hetero) is 1. The number of carbonyl (C=O) groups excluding carboxylic acids is 1. The number of hydrogen-bond donors (Lipinski definition) is 1. The average molecular weight is 241 g/mol. The van der Waals surface area contributed by atoms with Gasteiger partial charge in [0, 0.05) is 18.9 Å². The molecular formula is C15H31NO. The normalized spacial score (nSPS) is 12.6. The lowest BCUT2D eigenvalue weighted by Gasteiger charge is -2.10. The van der Waals surface area contributed by atoms with Crippen molar-refractivity contribution in [3.8, 4) is 0 Å². The van der Waals surface area contributed by atoms with Crippen molar-refractivity contribution in [1.29, 1.82) is 0 Å². The summed E-state index contributed by atoms with van der Waals surface area (Å²) in [5, 5.41) is 3.23. The van der Waals surface area contributed by atoms with Crippen LogP contribution in [0.25, 0.3) is 0 Å². The highest BCUT2D eigenvalue weighted by Crippen LogP contribution is 2.10. The second kappa shape index (κ2) is 12.1. The Morgan fingerprint density at radius 1 is 1.00 bits per heavy atom. The maximum Gasteiger partial charge on any atom is 0.136 e. The van der Waals surface area contributed by atoms with E-state index in [1.807, 2.05) is 6.92 Å². The lowest BCUT2D eigenvalue weighted by atomic mass is 10.00. The van der Waals surface area contributed by atoms with E-state index in [2.05, 4.69) is 19.2 Å². The lowest BCUT2D eigenvalue weighted by molar-refractivity contribution is -0.122. The van der Waals surface area contributed by atoms with Gasteiger partial charge in [-0.05, 0) is 13.0 Å². The van der Waals surface area contributed by atoms with Crippen molar-refractivity contribution in [3.63, 3.8) is 0 Å². The average Bonchev–Trinajstić information content (AvgIpc) is 2.34. The van der Waals surface area contributed by atoms with Crippen molar-refractivity contribution in [2.45, 2.75) is 72.1 Å². The van der Waals surface area contributed by atoms with Crippen LogP contribution in [0.2, 0.25) is 0 Å². The Morgan fingerprint density at radius 2 is 1.59 bits per heavy atom. The quantitative estimate of drug-likeness (QED) is 0.524. The van der Waals surface area contributed by atoms with Gasteiger partial charge in [-0.2, -0.15) is 0 Å². The molecule has 102 valence electrons. The van der Waals surface area contributed by atoms with E-state index in [9.17, 15) is 4.79 Å². The molecule has 0 saturated carbocycles. The Labute approximate surface area is 108 Å². The third-order valence-corrected chi connectivity index (χ3v) is 3.28. The fraction of sp³-hybridized carbons (Fsp3) is 0.933. The van der Waals surface area contributed by atoms with Gasteiger partial charge in [0.15, 0.2) is 0 Å². The maximum absolute atomic E-state index is 11.7. The Hall–Kier alpha value is -0.370. The number of hydrogen-bond acceptors (Lipinski definition) is 2. The van der Waals surface area contributed by atoms with Crippen LogP contribution in [-0.2, 0) is 4.79 Å². The second-order valence-corrected chi connectivity index (χ2v) is 5.05. The van der Waals surface area contributed by atoms with Gasteiger partial charge in [0.25, 0.3) is 0 Å². The molecule has 0 aromatic rings. The van der Waals surface area contributed by atoms with Gasteiger partial charge in [-0.1, -0.05) is 59.3 Å². The highest BCUT2D eigenvalue weighted by atomic mass is 16.1. The Morgan fingerprint density at radius 3 is 2.18 bits per heavy atom. The summed E-state index contributed by atoms with van der Waals surface area (Å²) in [6, 6.07) is 0. The first kappa shape index (κ1) is 16.6. The first-order chi connectivity index (χ1) is 8.22. The van der Waals surface area contributed by atoms with E-state index in [1.54, 1.807) is 0 Å². The van der Waals surface area contributed by atoms with E-state index < -0.39 is 0 Å². The third kappa shape index (κ3) is 10.5. The molecule has 17 heavy (non-hydrogen) atoms. The molecule has 0 radical (unpaired) electrons. The molecule has 1 N–H and O–H groups in total. The minimum atomic E-state index is 0.190. The molecule has 0 aliphatic rings. The number of rotatable bonds is 12. The van der Waals surface area contributed by atoms with Crippen molar-refractivity contribution in [2.24, 2.45) is 5.92 Å². The molecule has 0 amide bonds. The summed E-state index contributed by atoms with van der Waals surface area (Å²) < 4.78 is 0. The summed E-state index contributed by atoms with van der Waals surface area (Å²) in [6.07, 6.45) is 9.76. The van der Waals surface area contributed by atoms with Gasteiger partial charge in [-0.3, -0.25) is 4.79 Å². The molecule has 0 saturated heterocycles. The van der Waals surface area contributed by atoms with E-state index in [1.165, 1.54) is 38.5 Å². The molecule has 0 fully saturated rings. The molecule has 2 nitrogen and oxygen atoms in total. The van der Waals surface area contributed by atoms with Crippen molar-refractivity contribution < 1.29 is 4.79 Å². The van der Waals surface area contributed by atoms with Crippen LogP contribution in [0.1, 0.15) is 72.1 Å². The number of ketones is 1. The molecule has 1 atom stereocenters. The molecule has 0 aromatic heterocycles. The topological polar surface area (TPSA) is 29.1 Å². The molecule has 0 spiro atoms. The Kier molecular flexibility index (Phi) is 11.8. The van der Waals surface area contributed by atoms with Crippen LogP contribution in [-0.4, -0.2) is 18.9 Å². The van der Waals surface area contributed by atoms with Gasteiger partial charge < -0.3 is 5.32 Å². The van der Waals surface area contributed by atoms with Gasteiger partial charge in [0.05, 0.1) is 0 Å². The smallest absolute Gasteiger partial charge is 0.136 e. The van der Waals surface area contributed by atoms with Crippen molar-refractivity contribution >= 4 is 5.78 Å². The van der Waals surface area contributed by atoms with Crippen LogP contribution < -0.4 is 5.32 Å². The largest absolute Gasteiger partial charge is 0.316 e. The summed E-state index contributed by atoms with van der Waals surface area (Å²) in [5.74, 6) is 0.620. The maximum atomic E-state index is 11.7. The zero-order valence-corrected chi connectivity index (χ0v) is 12.1. The lowest BCUT2D eigenvalue weighted by Crippen LogP contribution is -2.26. The minimum absolute atomic E-state index is 0.190. The van der Waals surface area contributed by atoms with Gasteiger partial charge in [0.1, 0.15) is 5.78 Å². The molecule has 0 bridgehead atoms. The number of carbonyl (C=O) groups is 1. The fourth-order valence-corrected chi connectivity index (χ4v) is 1.98. The summed E-state index contributed by atoms with van der Waals surface area (Å²) >= 11 is 0. The first-order valence-electron chi connectivity index (χ1n) is 7.45. The number of unbranched alkanes of at least 4 members (excludes halogenated alkanes) is 6. The molecule has 0 heterocycles. The predicted molar refractivity (Wildman–Crippen MR) is 75.3 cm³/mol.